The summed E-state index contributed by atoms with van der Waals surface area (Å²) >= 11 is 0. The maximum Gasteiger partial charge on any atom is 0.241 e. The van der Waals surface area contributed by atoms with E-state index in [1.54, 1.807) is 18.2 Å². The molecule has 1 heterocycles. The normalized spacial score (nSPS) is 14.4. The van der Waals surface area contributed by atoms with E-state index >= 15 is 0 Å². The predicted octanol–water partition coefficient (Wildman–Crippen LogP) is 2.38. The molecule has 0 spiro atoms. The molecule has 0 saturated carbocycles. The van der Waals surface area contributed by atoms with Gasteiger partial charge in [-0.2, -0.15) is 5.26 Å². The monoisotopic (exact) mass is 287 g/mol. The second-order valence-corrected chi connectivity index (χ2v) is 5.05. The fraction of sp³-hybridized carbons (Fsp3) is 0.500. The largest absolute Gasteiger partial charge is 0.492 e. The summed E-state index contributed by atoms with van der Waals surface area (Å²) in [4.78, 5) is 14.0. The summed E-state index contributed by atoms with van der Waals surface area (Å²) < 4.78 is 5.52. The summed E-state index contributed by atoms with van der Waals surface area (Å²) in [6.45, 7) is 4.37. The molecule has 5 heteroatoms. The van der Waals surface area contributed by atoms with Gasteiger partial charge >= 0.3 is 0 Å². The van der Waals surface area contributed by atoms with Gasteiger partial charge < -0.3 is 15.0 Å². The second-order valence-electron chi connectivity index (χ2n) is 5.05. The third-order valence-corrected chi connectivity index (χ3v) is 3.55. The zero-order valence-corrected chi connectivity index (χ0v) is 12.4. The fourth-order valence-electron chi connectivity index (χ4n) is 2.44. The van der Waals surface area contributed by atoms with Crippen LogP contribution in [-0.2, 0) is 4.79 Å². The summed E-state index contributed by atoms with van der Waals surface area (Å²) in [6, 6.07) is 7.28. The van der Waals surface area contributed by atoms with Gasteiger partial charge in [0.05, 0.1) is 30.5 Å². The van der Waals surface area contributed by atoms with Crippen molar-refractivity contribution in [2.24, 2.45) is 0 Å². The number of carbonyl (C=O) groups is 1. The highest BCUT2D eigenvalue weighted by Crippen LogP contribution is 2.25. The molecular formula is C16H21N3O2. The van der Waals surface area contributed by atoms with Crippen LogP contribution in [0.25, 0.3) is 0 Å². The molecule has 0 aromatic heterocycles. The van der Waals surface area contributed by atoms with Crippen LogP contribution in [0.2, 0.25) is 0 Å². The van der Waals surface area contributed by atoms with Gasteiger partial charge in [0.1, 0.15) is 5.75 Å². The quantitative estimate of drug-likeness (QED) is 0.903. The Morgan fingerprint density at radius 1 is 1.38 bits per heavy atom. The highest BCUT2D eigenvalue weighted by Gasteiger charge is 2.16. The number of ether oxygens (including phenoxy) is 1. The van der Waals surface area contributed by atoms with Gasteiger partial charge in [0.25, 0.3) is 0 Å². The predicted molar refractivity (Wildman–Crippen MR) is 81.2 cm³/mol. The number of nitrogens with zero attached hydrogens (tertiary/aromatic N) is 2. The molecule has 1 aliphatic heterocycles. The molecule has 1 aliphatic rings. The Labute approximate surface area is 125 Å². The van der Waals surface area contributed by atoms with Crippen LogP contribution in [0.15, 0.2) is 18.2 Å². The number of carbonyl (C=O) groups excluding carboxylic acids is 1. The lowest BCUT2D eigenvalue weighted by Gasteiger charge is -2.27. The first kappa shape index (κ1) is 15.2. The molecule has 1 N–H and O–H groups in total. The first-order valence-corrected chi connectivity index (χ1v) is 7.43. The Hall–Kier alpha value is -2.22. The molecule has 5 nitrogen and oxygen atoms in total. The van der Waals surface area contributed by atoms with E-state index < -0.39 is 0 Å². The standard InChI is InChI=1S/C16H21N3O2/c1-2-21-15-7-6-13(11-17)10-14(15)18-12-16(20)19-8-4-3-5-9-19/h6-7,10,18H,2-5,8-9,12H2,1H3. The molecule has 0 atom stereocenters. The molecule has 1 amide bonds. The van der Waals surface area contributed by atoms with Gasteiger partial charge in [0.15, 0.2) is 0 Å². The minimum Gasteiger partial charge on any atom is -0.492 e. The van der Waals surface area contributed by atoms with E-state index in [1.165, 1.54) is 6.42 Å². The summed E-state index contributed by atoms with van der Waals surface area (Å²) in [7, 11) is 0. The van der Waals surface area contributed by atoms with Crippen molar-refractivity contribution in [1.82, 2.24) is 4.90 Å². The topological polar surface area (TPSA) is 65.4 Å². The van der Waals surface area contributed by atoms with Crippen molar-refractivity contribution in [3.05, 3.63) is 23.8 Å². The molecule has 0 aliphatic carbocycles. The molecule has 2 rings (SSSR count). The smallest absolute Gasteiger partial charge is 0.241 e. The lowest BCUT2D eigenvalue weighted by atomic mass is 10.1. The molecule has 21 heavy (non-hydrogen) atoms. The minimum atomic E-state index is 0.0968. The summed E-state index contributed by atoms with van der Waals surface area (Å²) in [6.07, 6.45) is 3.37. The van der Waals surface area contributed by atoms with E-state index in [0.29, 0.717) is 23.6 Å². The first-order chi connectivity index (χ1) is 10.2. The number of likely N-dealkylation sites (tertiary alicyclic amines) is 1. The van der Waals surface area contributed by atoms with Gasteiger partial charge in [-0.25, -0.2) is 0 Å². The molecule has 1 saturated heterocycles. The van der Waals surface area contributed by atoms with Crippen LogP contribution in [0, 0.1) is 11.3 Å². The molecular weight excluding hydrogens is 266 g/mol. The number of hydrogen-bond acceptors (Lipinski definition) is 4. The van der Waals surface area contributed by atoms with Gasteiger partial charge in [-0.15, -0.1) is 0 Å². The van der Waals surface area contributed by atoms with Crippen molar-refractivity contribution in [3.63, 3.8) is 0 Å². The van der Waals surface area contributed by atoms with Crippen LogP contribution in [0.4, 0.5) is 5.69 Å². The van der Waals surface area contributed by atoms with Crippen LogP contribution < -0.4 is 10.1 Å². The van der Waals surface area contributed by atoms with E-state index in [1.807, 2.05) is 11.8 Å². The third-order valence-electron chi connectivity index (χ3n) is 3.55. The van der Waals surface area contributed by atoms with E-state index in [-0.39, 0.29) is 12.5 Å². The number of amides is 1. The van der Waals surface area contributed by atoms with Gasteiger partial charge in [0, 0.05) is 13.1 Å². The van der Waals surface area contributed by atoms with Crippen LogP contribution in [0.3, 0.4) is 0 Å². The van der Waals surface area contributed by atoms with Crippen LogP contribution in [-0.4, -0.2) is 37.0 Å². The SMILES string of the molecule is CCOc1ccc(C#N)cc1NCC(=O)N1CCCCC1. The number of hydrogen-bond donors (Lipinski definition) is 1. The van der Waals surface area contributed by atoms with Crippen molar-refractivity contribution in [2.45, 2.75) is 26.2 Å². The molecule has 0 unspecified atom stereocenters. The fourth-order valence-corrected chi connectivity index (χ4v) is 2.44. The van der Waals surface area contributed by atoms with Gasteiger partial charge in [-0.05, 0) is 44.4 Å². The zero-order chi connectivity index (χ0) is 15.1. The van der Waals surface area contributed by atoms with Crippen LogP contribution >= 0.6 is 0 Å². The second kappa shape index (κ2) is 7.53. The molecule has 1 fully saturated rings. The molecule has 1 aromatic carbocycles. The number of nitriles is 1. The average Bonchev–Trinajstić information content (AvgIpc) is 2.54. The zero-order valence-electron chi connectivity index (χ0n) is 12.4. The minimum absolute atomic E-state index is 0.0968. The van der Waals surface area contributed by atoms with Crippen molar-refractivity contribution >= 4 is 11.6 Å². The summed E-state index contributed by atoms with van der Waals surface area (Å²) in [5.41, 5.74) is 1.24. The maximum absolute atomic E-state index is 12.2. The number of anilines is 1. The third kappa shape index (κ3) is 4.12. The maximum atomic E-state index is 12.2. The molecule has 0 radical (unpaired) electrons. The number of rotatable bonds is 5. The molecule has 0 bridgehead atoms. The summed E-state index contributed by atoms with van der Waals surface area (Å²) in [5, 5.41) is 12.1. The van der Waals surface area contributed by atoms with Crippen molar-refractivity contribution in [3.8, 4) is 11.8 Å². The number of piperidine rings is 1. The van der Waals surface area contributed by atoms with E-state index in [4.69, 9.17) is 10.00 Å². The Bertz CT molecular complexity index is 531. The highest BCUT2D eigenvalue weighted by atomic mass is 16.5. The Balaban J connectivity index is 2.00. The van der Waals surface area contributed by atoms with Crippen molar-refractivity contribution in [1.29, 1.82) is 5.26 Å². The van der Waals surface area contributed by atoms with E-state index in [0.717, 1.165) is 25.9 Å². The molecule has 1 aromatic rings. The lowest BCUT2D eigenvalue weighted by molar-refractivity contribution is -0.130. The van der Waals surface area contributed by atoms with E-state index in [2.05, 4.69) is 11.4 Å². The van der Waals surface area contributed by atoms with Crippen LogP contribution in [0.1, 0.15) is 31.7 Å². The van der Waals surface area contributed by atoms with Gasteiger partial charge in [-0.1, -0.05) is 0 Å². The van der Waals surface area contributed by atoms with Crippen molar-refractivity contribution in [2.75, 3.05) is 31.6 Å². The van der Waals surface area contributed by atoms with Gasteiger partial charge in [-0.3, -0.25) is 4.79 Å². The Morgan fingerprint density at radius 2 is 2.14 bits per heavy atom. The first-order valence-electron chi connectivity index (χ1n) is 7.43. The summed E-state index contributed by atoms with van der Waals surface area (Å²) in [5.74, 6) is 0.766. The van der Waals surface area contributed by atoms with Crippen molar-refractivity contribution < 1.29 is 9.53 Å². The molecule has 112 valence electrons. The Kier molecular flexibility index (Phi) is 5.44. The average molecular weight is 287 g/mol. The van der Waals surface area contributed by atoms with Gasteiger partial charge in [0.2, 0.25) is 5.91 Å². The van der Waals surface area contributed by atoms with E-state index in [9.17, 15) is 4.79 Å². The Morgan fingerprint density at radius 3 is 2.81 bits per heavy atom. The number of nitrogens with one attached hydrogen (secondary N) is 1. The lowest BCUT2D eigenvalue weighted by Crippen LogP contribution is -2.39. The number of benzene rings is 1. The van der Waals surface area contributed by atoms with Crippen LogP contribution in [0.5, 0.6) is 5.75 Å². The highest BCUT2D eigenvalue weighted by molar-refractivity contribution is 5.81.